The number of rotatable bonds is 2. The van der Waals surface area contributed by atoms with E-state index in [1.165, 1.54) is 6.07 Å². The number of aryl methyl sites for hydroxylation is 1. The lowest BCUT2D eigenvalue weighted by atomic mass is 10.2. The van der Waals surface area contributed by atoms with Crippen molar-refractivity contribution in [3.8, 4) is 5.88 Å². The number of aromatic nitrogens is 1. The molecule has 0 aliphatic carbocycles. The van der Waals surface area contributed by atoms with Gasteiger partial charge in [0.1, 0.15) is 5.56 Å². The number of methoxy groups -OCH3 is 1. The number of nitrogens with two attached hydrogens (primary N) is 1. The van der Waals surface area contributed by atoms with Crippen molar-refractivity contribution in [2.45, 2.75) is 6.92 Å². The number of amides is 1. The molecule has 0 fully saturated rings. The average Bonchev–Trinajstić information content (AvgIpc) is 2.04. The van der Waals surface area contributed by atoms with Gasteiger partial charge in [-0.3, -0.25) is 4.79 Å². The highest BCUT2D eigenvalue weighted by Gasteiger charge is 2.09. The van der Waals surface area contributed by atoms with Gasteiger partial charge in [-0.2, -0.15) is 0 Å². The number of ether oxygens (including phenoxy) is 1. The molecule has 0 aliphatic heterocycles. The van der Waals surface area contributed by atoms with Gasteiger partial charge in [0, 0.05) is 5.69 Å². The summed E-state index contributed by atoms with van der Waals surface area (Å²) in [5, 5.41) is 0. The maximum absolute atomic E-state index is 10.8. The Morgan fingerprint density at radius 1 is 1.75 bits per heavy atom. The quantitative estimate of drug-likeness (QED) is 0.697. The SMILES string of the molecule is [2H]COc1nc(C)ccc1C(N)=O. The first-order valence-corrected chi connectivity index (χ1v) is 3.34. The van der Waals surface area contributed by atoms with Gasteiger partial charge >= 0.3 is 0 Å². The van der Waals surface area contributed by atoms with Crippen molar-refractivity contribution < 1.29 is 10.9 Å². The van der Waals surface area contributed by atoms with Crippen LogP contribution in [0.1, 0.15) is 17.4 Å². The molecule has 1 amide bonds. The fraction of sp³-hybridized carbons (Fsp3) is 0.250. The minimum Gasteiger partial charge on any atom is -0.480 e. The predicted molar refractivity (Wildman–Crippen MR) is 44.0 cm³/mol. The highest BCUT2D eigenvalue weighted by molar-refractivity contribution is 5.94. The third kappa shape index (κ3) is 1.53. The van der Waals surface area contributed by atoms with Gasteiger partial charge in [0.15, 0.2) is 0 Å². The van der Waals surface area contributed by atoms with Crippen LogP contribution < -0.4 is 10.5 Å². The van der Waals surface area contributed by atoms with Crippen LogP contribution in [0.5, 0.6) is 5.88 Å². The van der Waals surface area contributed by atoms with Crippen LogP contribution in [-0.4, -0.2) is 18.0 Å². The summed E-state index contributed by atoms with van der Waals surface area (Å²) in [6.45, 7) is 1.77. The molecule has 4 nitrogen and oxygen atoms in total. The average molecular weight is 167 g/mol. The molecule has 0 radical (unpaired) electrons. The number of hydrogen-bond donors (Lipinski definition) is 1. The maximum atomic E-state index is 10.8. The first-order chi connectivity index (χ1) is 6.15. The van der Waals surface area contributed by atoms with E-state index in [2.05, 4.69) is 4.98 Å². The van der Waals surface area contributed by atoms with Crippen LogP contribution in [0.4, 0.5) is 0 Å². The van der Waals surface area contributed by atoms with Gasteiger partial charge < -0.3 is 10.5 Å². The zero-order chi connectivity index (χ0) is 9.84. The molecule has 1 aromatic rings. The summed E-state index contributed by atoms with van der Waals surface area (Å²) in [5.74, 6) is -0.474. The van der Waals surface area contributed by atoms with Gasteiger partial charge in [-0.05, 0) is 19.1 Å². The molecule has 12 heavy (non-hydrogen) atoms. The van der Waals surface area contributed by atoms with Gasteiger partial charge in [0.05, 0.1) is 8.46 Å². The lowest BCUT2D eigenvalue weighted by Gasteiger charge is -2.03. The highest BCUT2D eigenvalue weighted by Crippen LogP contribution is 2.14. The van der Waals surface area contributed by atoms with Crippen LogP contribution in [0.3, 0.4) is 0 Å². The predicted octanol–water partition coefficient (Wildman–Crippen LogP) is 0.498. The number of nitrogens with zero attached hydrogens (tertiary/aromatic N) is 1. The summed E-state index contributed by atoms with van der Waals surface area (Å²) in [6.07, 6.45) is 0. The molecule has 64 valence electrons. The molecule has 0 saturated carbocycles. The standard InChI is InChI=1S/C8H10N2O2/c1-5-3-4-6(7(9)11)8(10-5)12-2/h3-4H,1-2H3,(H2,9,11)/i2D. The Hall–Kier alpha value is -1.58. The minimum absolute atomic E-state index is 0.127. The Morgan fingerprint density at radius 2 is 2.50 bits per heavy atom. The van der Waals surface area contributed by atoms with Gasteiger partial charge in [-0.25, -0.2) is 4.98 Å². The molecule has 1 aromatic heterocycles. The van der Waals surface area contributed by atoms with Crippen molar-refractivity contribution >= 4 is 5.91 Å². The lowest BCUT2D eigenvalue weighted by Crippen LogP contribution is -2.13. The summed E-state index contributed by atoms with van der Waals surface area (Å²) in [5.41, 5.74) is 6.00. The molecule has 0 atom stereocenters. The van der Waals surface area contributed by atoms with E-state index >= 15 is 0 Å². The van der Waals surface area contributed by atoms with Crippen molar-refractivity contribution in [2.24, 2.45) is 5.73 Å². The molecular weight excluding hydrogens is 156 g/mol. The third-order valence-corrected chi connectivity index (χ3v) is 1.40. The van der Waals surface area contributed by atoms with Gasteiger partial charge in [0.2, 0.25) is 5.88 Å². The summed E-state index contributed by atoms with van der Waals surface area (Å²) in [6, 6.07) is 3.20. The molecule has 0 unspecified atom stereocenters. The van der Waals surface area contributed by atoms with Crippen LogP contribution in [0.25, 0.3) is 0 Å². The van der Waals surface area contributed by atoms with Crippen LogP contribution in [-0.2, 0) is 0 Å². The fourth-order valence-corrected chi connectivity index (χ4v) is 0.830. The largest absolute Gasteiger partial charge is 0.480 e. The monoisotopic (exact) mass is 167 g/mol. The number of pyridine rings is 1. The molecular formula is C8H10N2O2. The zero-order valence-electron chi connectivity index (χ0n) is 7.70. The van der Waals surface area contributed by atoms with Gasteiger partial charge in [0.25, 0.3) is 5.91 Å². The number of primary amides is 1. The highest BCUT2D eigenvalue weighted by atomic mass is 16.5. The third-order valence-electron chi connectivity index (χ3n) is 1.40. The number of hydrogen-bond acceptors (Lipinski definition) is 3. The van der Waals surface area contributed by atoms with E-state index in [4.69, 9.17) is 11.8 Å². The Morgan fingerprint density at radius 3 is 3.08 bits per heavy atom. The second-order valence-corrected chi connectivity index (χ2v) is 2.31. The van der Waals surface area contributed by atoms with Crippen LogP contribution in [0, 0.1) is 6.92 Å². The van der Waals surface area contributed by atoms with Gasteiger partial charge in [-0.1, -0.05) is 0 Å². The van der Waals surface area contributed by atoms with Crippen LogP contribution in [0.15, 0.2) is 12.1 Å². The second-order valence-electron chi connectivity index (χ2n) is 2.31. The molecule has 0 bridgehead atoms. The van der Waals surface area contributed by atoms with Crippen molar-refractivity contribution in [2.75, 3.05) is 7.09 Å². The maximum Gasteiger partial charge on any atom is 0.254 e. The fourth-order valence-electron chi connectivity index (χ4n) is 0.830. The first kappa shape index (κ1) is 7.09. The van der Waals surface area contributed by atoms with E-state index < -0.39 is 5.91 Å². The molecule has 0 aliphatic rings. The van der Waals surface area contributed by atoms with Crippen molar-refractivity contribution in [1.29, 1.82) is 0 Å². The van der Waals surface area contributed by atoms with Crippen LogP contribution in [0.2, 0.25) is 0 Å². The summed E-state index contributed by atoms with van der Waals surface area (Å²) in [7, 11) is -0.281. The van der Waals surface area contributed by atoms with Gasteiger partial charge in [-0.15, -0.1) is 0 Å². The molecule has 1 heterocycles. The first-order valence-electron chi connectivity index (χ1n) is 4.05. The molecule has 0 aromatic carbocycles. The smallest absolute Gasteiger partial charge is 0.254 e. The summed E-state index contributed by atoms with van der Waals surface area (Å²) < 4.78 is 11.7. The van der Waals surface area contributed by atoms with E-state index in [9.17, 15) is 4.79 Å². The summed E-state index contributed by atoms with van der Waals surface area (Å²) >= 11 is 0. The second kappa shape index (κ2) is 3.21. The van der Waals surface area contributed by atoms with E-state index in [0.717, 1.165) is 0 Å². The van der Waals surface area contributed by atoms with E-state index in [1.807, 2.05) is 0 Å². The topological polar surface area (TPSA) is 65.2 Å². The van der Waals surface area contributed by atoms with Crippen molar-refractivity contribution in [1.82, 2.24) is 4.98 Å². The number of carbonyl (C=O) groups excluding carboxylic acids is 1. The van der Waals surface area contributed by atoms with Crippen LogP contribution >= 0.6 is 0 Å². The Labute approximate surface area is 71.8 Å². The van der Waals surface area contributed by atoms with Crippen molar-refractivity contribution in [3.05, 3.63) is 23.4 Å². The Bertz CT molecular complexity index is 328. The molecule has 4 heteroatoms. The summed E-state index contributed by atoms with van der Waals surface area (Å²) in [4.78, 5) is 14.8. The molecule has 0 spiro atoms. The normalized spacial score (nSPS) is 10.6. The molecule has 0 saturated heterocycles. The van der Waals surface area contributed by atoms with E-state index in [-0.39, 0.29) is 18.5 Å². The zero-order valence-corrected chi connectivity index (χ0v) is 6.70. The Balaban J connectivity index is 3.10. The molecule has 2 N–H and O–H groups in total. The van der Waals surface area contributed by atoms with Crippen molar-refractivity contribution in [3.63, 3.8) is 0 Å². The molecule has 1 rings (SSSR count). The van der Waals surface area contributed by atoms with E-state index in [1.54, 1.807) is 13.0 Å². The minimum atomic E-state index is -0.601. The number of carbonyl (C=O) groups is 1. The Kier molecular flexibility index (Phi) is 1.90. The lowest BCUT2D eigenvalue weighted by molar-refractivity contribution is 0.0996. The van der Waals surface area contributed by atoms with E-state index in [0.29, 0.717) is 5.69 Å².